The number of hydrogen-bond acceptors (Lipinski definition) is 6. The van der Waals surface area contributed by atoms with Crippen molar-refractivity contribution in [3.63, 3.8) is 0 Å². The third-order valence-electron chi connectivity index (χ3n) is 4.53. The van der Waals surface area contributed by atoms with Crippen LogP contribution >= 0.6 is 0 Å². The Hall–Kier alpha value is -2.98. The van der Waals surface area contributed by atoms with Crippen LogP contribution in [0.3, 0.4) is 0 Å². The first kappa shape index (κ1) is 20.7. The number of ether oxygens (including phenoxy) is 1. The van der Waals surface area contributed by atoms with Gasteiger partial charge in [-0.15, -0.1) is 0 Å². The molecule has 0 radical (unpaired) electrons. The summed E-state index contributed by atoms with van der Waals surface area (Å²) in [5, 5.41) is 13.3. The van der Waals surface area contributed by atoms with E-state index in [1.165, 1.54) is 28.6 Å². The largest absolute Gasteiger partial charge is 0.484 e. The van der Waals surface area contributed by atoms with Crippen molar-refractivity contribution in [1.29, 1.82) is 0 Å². The zero-order chi connectivity index (χ0) is 20.9. The lowest BCUT2D eigenvalue weighted by molar-refractivity contribution is -0.384. The van der Waals surface area contributed by atoms with Crippen molar-refractivity contribution in [1.82, 2.24) is 9.62 Å². The minimum Gasteiger partial charge on any atom is -0.484 e. The van der Waals surface area contributed by atoms with Gasteiger partial charge in [0.05, 0.1) is 9.82 Å². The van der Waals surface area contributed by atoms with Crippen LogP contribution in [-0.4, -0.2) is 43.2 Å². The highest BCUT2D eigenvalue weighted by molar-refractivity contribution is 7.89. The molecule has 1 N–H and O–H groups in total. The quantitative estimate of drug-likeness (QED) is 0.517. The first-order valence-electron chi connectivity index (χ1n) is 9.09. The van der Waals surface area contributed by atoms with E-state index in [2.05, 4.69) is 5.32 Å². The third-order valence-corrected chi connectivity index (χ3v) is 6.45. The normalized spacial score (nSPS) is 14.5. The van der Waals surface area contributed by atoms with Gasteiger partial charge in [0.25, 0.3) is 11.6 Å². The van der Waals surface area contributed by atoms with Gasteiger partial charge in [0.2, 0.25) is 10.0 Å². The van der Waals surface area contributed by atoms with E-state index in [9.17, 15) is 23.3 Å². The summed E-state index contributed by atoms with van der Waals surface area (Å²) in [5.41, 5.74) is 0.700. The van der Waals surface area contributed by atoms with Gasteiger partial charge in [-0.1, -0.05) is 12.1 Å². The first-order valence-corrected chi connectivity index (χ1v) is 10.5. The number of carbonyl (C=O) groups excluding carboxylic acids is 1. The lowest BCUT2D eigenvalue weighted by atomic mass is 10.2. The lowest BCUT2D eigenvalue weighted by Gasteiger charge is -2.15. The van der Waals surface area contributed by atoms with E-state index in [0.717, 1.165) is 18.4 Å². The molecule has 1 heterocycles. The summed E-state index contributed by atoms with van der Waals surface area (Å²) in [7, 11) is -3.45. The van der Waals surface area contributed by atoms with Crippen molar-refractivity contribution >= 4 is 21.6 Å². The Morgan fingerprint density at radius 1 is 1.07 bits per heavy atom. The number of rotatable bonds is 8. The summed E-state index contributed by atoms with van der Waals surface area (Å²) in [4.78, 5) is 22.3. The van der Waals surface area contributed by atoms with Crippen LogP contribution in [0, 0.1) is 10.1 Å². The van der Waals surface area contributed by atoms with Gasteiger partial charge in [0.1, 0.15) is 5.75 Å². The molecule has 1 fully saturated rings. The fourth-order valence-corrected chi connectivity index (χ4v) is 4.44. The lowest BCUT2D eigenvalue weighted by Crippen LogP contribution is -2.29. The standard InChI is InChI=1S/C19H21N3O6S/c23-19(14-28-17-7-5-16(6-8-17)22(24)25)20-13-15-3-9-18(10-4-15)29(26,27)21-11-1-2-12-21/h3-10H,1-2,11-14H2,(H,20,23). The molecular weight excluding hydrogens is 398 g/mol. The van der Waals surface area contributed by atoms with Gasteiger partial charge in [0, 0.05) is 31.8 Å². The molecule has 2 aromatic rings. The number of nitrogens with zero attached hydrogens (tertiary/aromatic N) is 2. The van der Waals surface area contributed by atoms with Crippen molar-refractivity contribution < 1.29 is 22.9 Å². The predicted molar refractivity (Wildman–Crippen MR) is 105 cm³/mol. The van der Waals surface area contributed by atoms with Crippen molar-refractivity contribution in [3.8, 4) is 5.75 Å². The number of nitrogens with one attached hydrogen (secondary N) is 1. The molecule has 2 aromatic carbocycles. The highest BCUT2D eigenvalue weighted by atomic mass is 32.2. The number of sulfonamides is 1. The Labute approximate surface area is 168 Å². The number of amides is 1. The second kappa shape index (κ2) is 9.01. The fourth-order valence-electron chi connectivity index (χ4n) is 2.92. The number of carbonyl (C=O) groups is 1. The van der Waals surface area contributed by atoms with Gasteiger partial charge in [-0.2, -0.15) is 4.31 Å². The van der Waals surface area contributed by atoms with Crippen LogP contribution in [0.15, 0.2) is 53.4 Å². The molecule has 10 heteroatoms. The summed E-state index contributed by atoms with van der Waals surface area (Å²) in [6, 6.07) is 11.9. The molecule has 0 unspecified atom stereocenters. The molecule has 0 saturated carbocycles. The predicted octanol–water partition coefficient (Wildman–Crippen LogP) is 2.07. The van der Waals surface area contributed by atoms with Crippen LogP contribution in [0.25, 0.3) is 0 Å². The van der Waals surface area contributed by atoms with Crippen molar-refractivity contribution in [2.75, 3.05) is 19.7 Å². The van der Waals surface area contributed by atoms with E-state index in [0.29, 0.717) is 18.8 Å². The zero-order valence-electron chi connectivity index (χ0n) is 15.6. The number of nitro benzene ring substituents is 1. The smallest absolute Gasteiger partial charge is 0.269 e. The Balaban J connectivity index is 1.48. The highest BCUT2D eigenvalue weighted by Crippen LogP contribution is 2.21. The van der Waals surface area contributed by atoms with Gasteiger partial charge < -0.3 is 10.1 Å². The molecule has 1 amide bonds. The van der Waals surface area contributed by atoms with E-state index >= 15 is 0 Å². The number of non-ortho nitro benzene ring substituents is 1. The van der Waals surface area contributed by atoms with Crippen LogP contribution < -0.4 is 10.1 Å². The Kier molecular flexibility index (Phi) is 6.45. The van der Waals surface area contributed by atoms with E-state index in [1.54, 1.807) is 24.3 Å². The van der Waals surface area contributed by atoms with Crippen LogP contribution in [0.4, 0.5) is 5.69 Å². The van der Waals surface area contributed by atoms with Gasteiger partial charge in [-0.3, -0.25) is 14.9 Å². The number of benzene rings is 2. The van der Waals surface area contributed by atoms with E-state index in [4.69, 9.17) is 4.74 Å². The van der Waals surface area contributed by atoms with Crippen molar-refractivity contribution in [3.05, 3.63) is 64.2 Å². The summed E-state index contributed by atoms with van der Waals surface area (Å²) >= 11 is 0. The molecule has 3 rings (SSSR count). The second-order valence-corrected chi connectivity index (χ2v) is 8.51. The molecule has 0 spiro atoms. The minimum absolute atomic E-state index is 0.0583. The van der Waals surface area contributed by atoms with E-state index in [-0.39, 0.29) is 29.6 Å². The average Bonchev–Trinajstić information content (AvgIpc) is 3.27. The monoisotopic (exact) mass is 419 g/mol. The molecular formula is C19H21N3O6S. The van der Waals surface area contributed by atoms with Gasteiger partial charge in [-0.25, -0.2) is 8.42 Å². The third kappa shape index (κ3) is 5.30. The zero-order valence-corrected chi connectivity index (χ0v) is 16.4. The maximum Gasteiger partial charge on any atom is 0.269 e. The molecule has 0 atom stereocenters. The average molecular weight is 419 g/mol. The van der Waals surface area contributed by atoms with Gasteiger partial charge in [0.15, 0.2) is 6.61 Å². The van der Waals surface area contributed by atoms with Gasteiger partial charge in [-0.05, 0) is 42.7 Å². The van der Waals surface area contributed by atoms with Crippen LogP contribution in [-0.2, 0) is 21.4 Å². The van der Waals surface area contributed by atoms with E-state index < -0.39 is 14.9 Å². The molecule has 0 aliphatic carbocycles. The Bertz CT molecular complexity index is 968. The molecule has 9 nitrogen and oxygen atoms in total. The summed E-state index contributed by atoms with van der Waals surface area (Å²) < 4.78 is 31.8. The SMILES string of the molecule is O=C(COc1ccc([N+](=O)[O-])cc1)NCc1ccc(S(=O)(=O)N2CCCC2)cc1. The Morgan fingerprint density at radius 3 is 2.28 bits per heavy atom. The maximum atomic E-state index is 12.5. The molecule has 29 heavy (non-hydrogen) atoms. The van der Waals surface area contributed by atoms with Crippen LogP contribution in [0.5, 0.6) is 5.75 Å². The molecule has 1 saturated heterocycles. The highest BCUT2D eigenvalue weighted by Gasteiger charge is 2.26. The summed E-state index contributed by atoms with van der Waals surface area (Å²) in [6.45, 7) is 1.09. The first-order chi connectivity index (χ1) is 13.9. The van der Waals surface area contributed by atoms with Crippen LogP contribution in [0.2, 0.25) is 0 Å². The van der Waals surface area contributed by atoms with Gasteiger partial charge >= 0.3 is 0 Å². The Morgan fingerprint density at radius 2 is 1.69 bits per heavy atom. The fraction of sp³-hybridized carbons (Fsp3) is 0.316. The molecule has 0 bridgehead atoms. The molecule has 1 aliphatic rings. The van der Waals surface area contributed by atoms with Crippen LogP contribution in [0.1, 0.15) is 18.4 Å². The second-order valence-electron chi connectivity index (χ2n) is 6.57. The minimum atomic E-state index is -3.45. The summed E-state index contributed by atoms with van der Waals surface area (Å²) in [5.74, 6) is -0.0145. The topological polar surface area (TPSA) is 119 Å². The maximum absolute atomic E-state index is 12.5. The van der Waals surface area contributed by atoms with Crippen molar-refractivity contribution in [2.24, 2.45) is 0 Å². The molecule has 1 aliphatic heterocycles. The number of nitro groups is 1. The van der Waals surface area contributed by atoms with E-state index in [1.807, 2.05) is 0 Å². The van der Waals surface area contributed by atoms with Crippen molar-refractivity contribution in [2.45, 2.75) is 24.3 Å². The summed E-state index contributed by atoms with van der Waals surface area (Å²) in [6.07, 6.45) is 1.76. The molecule has 0 aromatic heterocycles. The number of hydrogen-bond donors (Lipinski definition) is 1. The molecule has 154 valence electrons.